The maximum atomic E-state index is 12.7. The van der Waals surface area contributed by atoms with Crippen LogP contribution in [0.25, 0.3) is 5.57 Å². The quantitative estimate of drug-likeness (QED) is 0.853. The number of aromatic nitrogens is 3. The van der Waals surface area contributed by atoms with Crippen molar-refractivity contribution in [2.24, 2.45) is 0 Å². The SMILES string of the molecule is C/C(=C\C(=O)N[C@@H](C)Cn1cncn1)c1cccc(C(F)(F)F)c1. The first-order valence-corrected chi connectivity index (χ1v) is 7.24. The third-order valence-electron chi connectivity index (χ3n) is 3.31. The molecule has 1 atom stereocenters. The topological polar surface area (TPSA) is 59.8 Å². The highest BCUT2D eigenvalue weighted by molar-refractivity contribution is 5.95. The van der Waals surface area contributed by atoms with Gasteiger partial charge in [0.05, 0.1) is 12.1 Å². The minimum Gasteiger partial charge on any atom is -0.348 e. The Bertz CT molecular complexity index is 723. The summed E-state index contributed by atoms with van der Waals surface area (Å²) >= 11 is 0. The van der Waals surface area contributed by atoms with Crippen LogP contribution in [0.5, 0.6) is 0 Å². The van der Waals surface area contributed by atoms with E-state index in [2.05, 4.69) is 15.4 Å². The Balaban J connectivity index is 2.03. The Morgan fingerprint density at radius 3 is 2.79 bits per heavy atom. The minimum atomic E-state index is -4.41. The maximum absolute atomic E-state index is 12.7. The average molecular weight is 338 g/mol. The maximum Gasteiger partial charge on any atom is 0.416 e. The molecule has 8 heteroatoms. The monoisotopic (exact) mass is 338 g/mol. The van der Waals surface area contributed by atoms with Gasteiger partial charge in [-0.05, 0) is 37.1 Å². The number of benzene rings is 1. The van der Waals surface area contributed by atoms with Crippen molar-refractivity contribution in [2.75, 3.05) is 0 Å². The smallest absolute Gasteiger partial charge is 0.348 e. The van der Waals surface area contributed by atoms with Crippen LogP contribution in [-0.2, 0) is 17.5 Å². The van der Waals surface area contributed by atoms with Crippen molar-refractivity contribution < 1.29 is 18.0 Å². The van der Waals surface area contributed by atoms with Crippen LogP contribution < -0.4 is 5.32 Å². The van der Waals surface area contributed by atoms with E-state index in [1.807, 2.05) is 0 Å². The van der Waals surface area contributed by atoms with Crippen LogP contribution in [0.2, 0.25) is 0 Å². The molecule has 1 aromatic carbocycles. The van der Waals surface area contributed by atoms with Gasteiger partial charge < -0.3 is 5.32 Å². The predicted octanol–water partition coefficient (Wildman–Crippen LogP) is 2.91. The lowest BCUT2D eigenvalue weighted by Gasteiger charge is -2.13. The zero-order chi connectivity index (χ0) is 17.7. The molecule has 2 rings (SSSR count). The fourth-order valence-electron chi connectivity index (χ4n) is 2.16. The average Bonchev–Trinajstić information content (AvgIpc) is 2.99. The molecular formula is C16H17F3N4O. The molecule has 1 N–H and O–H groups in total. The molecule has 0 spiro atoms. The largest absolute Gasteiger partial charge is 0.416 e. The minimum absolute atomic E-state index is 0.204. The fraction of sp³-hybridized carbons (Fsp3) is 0.312. The van der Waals surface area contributed by atoms with Gasteiger partial charge >= 0.3 is 6.18 Å². The Morgan fingerprint density at radius 1 is 1.42 bits per heavy atom. The van der Waals surface area contributed by atoms with Crippen LogP contribution >= 0.6 is 0 Å². The summed E-state index contributed by atoms with van der Waals surface area (Å²) in [5.41, 5.74) is 0.0585. The first-order chi connectivity index (χ1) is 11.3. The second-order valence-electron chi connectivity index (χ2n) is 5.43. The highest BCUT2D eigenvalue weighted by atomic mass is 19.4. The number of halogens is 3. The second-order valence-corrected chi connectivity index (χ2v) is 5.43. The number of amides is 1. The van der Waals surface area contributed by atoms with Crippen molar-refractivity contribution in [3.05, 3.63) is 54.1 Å². The van der Waals surface area contributed by atoms with Gasteiger partial charge in [0, 0.05) is 12.1 Å². The molecular weight excluding hydrogens is 321 g/mol. The number of alkyl halides is 3. The number of carbonyl (C=O) groups is 1. The van der Waals surface area contributed by atoms with Crippen LogP contribution in [0.3, 0.4) is 0 Å². The molecule has 0 unspecified atom stereocenters. The Labute approximate surface area is 137 Å². The summed E-state index contributed by atoms with van der Waals surface area (Å²) in [6.45, 7) is 3.84. The molecule has 0 aliphatic carbocycles. The standard InChI is InChI=1S/C16H17F3N4O/c1-11(13-4-3-5-14(7-13)16(17,18)19)6-15(24)22-12(2)8-23-10-20-9-21-23/h3-7,9-10,12H,8H2,1-2H3,(H,22,24)/b11-6+/t12-/m0/s1. The van der Waals surface area contributed by atoms with Crippen molar-refractivity contribution in [3.8, 4) is 0 Å². The first kappa shape index (κ1) is 17.7. The van der Waals surface area contributed by atoms with E-state index in [1.54, 1.807) is 18.5 Å². The number of carbonyl (C=O) groups excluding carboxylic acids is 1. The summed E-state index contributed by atoms with van der Waals surface area (Å²) in [7, 11) is 0. The third-order valence-corrected chi connectivity index (χ3v) is 3.31. The number of hydrogen-bond acceptors (Lipinski definition) is 3. The van der Waals surface area contributed by atoms with Crippen LogP contribution in [0.4, 0.5) is 13.2 Å². The van der Waals surface area contributed by atoms with Gasteiger partial charge in [-0.3, -0.25) is 9.48 Å². The van der Waals surface area contributed by atoms with E-state index < -0.39 is 11.7 Å². The molecule has 0 radical (unpaired) electrons. The van der Waals surface area contributed by atoms with Crippen molar-refractivity contribution in [1.82, 2.24) is 20.1 Å². The van der Waals surface area contributed by atoms with E-state index in [0.717, 1.165) is 12.1 Å². The summed E-state index contributed by atoms with van der Waals surface area (Å²) in [6.07, 6.45) is -0.198. The Kier molecular flexibility index (Phi) is 5.38. The predicted molar refractivity (Wildman–Crippen MR) is 82.7 cm³/mol. The summed E-state index contributed by atoms with van der Waals surface area (Å²) in [6, 6.07) is 4.67. The molecule has 0 saturated heterocycles. The van der Waals surface area contributed by atoms with Crippen LogP contribution in [-0.4, -0.2) is 26.7 Å². The summed E-state index contributed by atoms with van der Waals surface area (Å²) in [4.78, 5) is 15.8. The van der Waals surface area contributed by atoms with E-state index in [1.165, 1.54) is 30.9 Å². The molecule has 0 bridgehead atoms. The van der Waals surface area contributed by atoms with Gasteiger partial charge in [0.2, 0.25) is 5.91 Å². The zero-order valence-corrected chi connectivity index (χ0v) is 13.2. The van der Waals surface area contributed by atoms with Crippen LogP contribution in [0.1, 0.15) is 25.0 Å². The lowest BCUT2D eigenvalue weighted by molar-refractivity contribution is -0.137. The number of rotatable bonds is 5. The third kappa shape index (κ3) is 4.94. The molecule has 128 valence electrons. The van der Waals surface area contributed by atoms with Crippen molar-refractivity contribution in [3.63, 3.8) is 0 Å². The Hall–Kier alpha value is -2.64. The summed E-state index contributed by atoms with van der Waals surface area (Å²) in [5.74, 6) is -0.377. The number of nitrogens with one attached hydrogen (secondary N) is 1. The molecule has 0 fully saturated rings. The normalized spacial score (nSPS) is 13.6. The number of hydrogen-bond donors (Lipinski definition) is 1. The molecule has 24 heavy (non-hydrogen) atoms. The van der Waals surface area contributed by atoms with Gasteiger partial charge in [0.25, 0.3) is 0 Å². The van der Waals surface area contributed by atoms with Gasteiger partial charge in [-0.1, -0.05) is 12.1 Å². The second kappa shape index (κ2) is 7.29. The van der Waals surface area contributed by atoms with Gasteiger partial charge in [-0.25, -0.2) is 4.98 Å². The summed E-state index contributed by atoms with van der Waals surface area (Å²) < 4.78 is 39.8. The molecule has 1 amide bonds. The highest BCUT2D eigenvalue weighted by Gasteiger charge is 2.30. The Morgan fingerprint density at radius 2 is 2.17 bits per heavy atom. The van der Waals surface area contributed by atoms with E-state index >= 15 is 0 Å². The number of allylic oxidation sites excluding steroid dienone is 1. The van der Waals surface area contributed by atoms with Gasteiger partial charge in [0.15, 0.2) is 0 Å². The fourth-order valence-corrected chi connectivity index (χ4v) is 2.16. The van der Waals surface area contributed by atoms with E-state index in [4.69, 9.17) is 0 Å². The molecule has 1 aromatic heterocycles. The van der Waals surface area contributed by atoms with Gasteiger partial charge in [0.1, 0.15) is 12.7 Å². The van der Waals surface area contributed by atoms with Crippen LogP contribution in [0, 0.1) is 0 Å². The van der Waals surface area contributed by atoms with Crippen molar-refractivity contribution in [1.29, 1.82) is 0 Å². The number of nitrogens with zero attached hydrogens (tertiary/aromatic N) is 3. The molecule has 2 aromatic rings. The first-order valence-electron chi connectivity index (χ1n) is 7.24. The van der Waals surface area contributed by atoms with E-state index in [9.17, 15) is 18.0 Å². The lowest BCUT2D eigenvalue weighted by Crippen LogP contribution is -2.34. The van der Waals surface area contributed by atoms with Gasteiger partial charge in [-0.2, -0.15) is 18.3 Å². The van der Waals surface area contributed by atoms with E-state index in [0.29, 0.717) is 17.7 Å². The lowest BCUT2D eigenvalue weighted by atomic mass is 10.0. The summed E-state index contributed by atoms with van der Waals surface area (Å²) in [5, 5.41) is 6.67. The van der Waals surface area contributed by atoms with E-state index in [-0.39, 0.29) is 11.9 Å². The van der Waals surface area contributed by atoms with Crippen molar-refractivity contribution >= 4 is 11.5 Å². The molecule has 5 nitrogen and oxygen atoms in total. The van der Waals surface area contributed by atoms with Crippen LogP contribution in [0.15, 0.2) is 43.0 Å². The molecule has 0 saturated carbocycles. The molecule has 0 aliphatic rings. The molecule has 1 heterocycles. The van der Waals surface area contributed by atoms with Crippen molar-refractivity contribution in [2.45, 2.75) is 32.6 Å². The zero-order valence-electron chi connectivity index (χ0n) is 13.2. The highest BCUT2D eigenvalue weighted by Crippen LogP contribution is 2.30. The molecule has 0 aliphatic heterocycles. The van der Waals surface area contributed by atoms with Gasteiger partial charge in [-0.15, -0.1) is 0 Å².